The normalized spacial score (nSPS) is 29.9. The second-order valence-corrected chi connectivity index (χ2v) is 5.67. The van der Waals surface area contributed by atoms with Gasteiger partial charge in [0.25, 0.3) is 0 Å². The summed E-state index contributed by atoms with van der Waals surface area (Å²) in [7, 11) is 0. The van der Waals surface area contributed by atoms with Crippen LogP contribution in [0.3, 0.4) is 0 Å². The first-order valence-electron chi connectivity index (χ1n) is 7.10. The molecule has 4 rings (SSSR count). The predicted molar refractivity (Wildman–Crippen MR) is 69.6 cm³/mol. The van der Waals surface area contributed by atoms with Crippen molar-refractivity contribution in [2.45, 2.75) is 50.4 Å². The number of aromatic nitrogens is 2. The van der Waals surface area contributed by atoms with Gasteiger partial charge < -0.3 is 14.0 Å². The van der Waals surface area contributed by atoms with E-state index in [-0.39, 0.29) is 6.10 Å². The molecule has 0 spiro atoms. The standard InChI is InChI=1S/C14H17N3O3/c18-11-6-9-3-4-10(7-11)17(9)8-13-15-14(16-20-13)12-2-1-5-19-12/h1-2,5,9-11,18H,3-4,6-8H2. The lowest BCUT2D eigenvalue weighted by atomic mass is 10.00. The fraction of sp³-hybridized carbons (Fsp3) is 0.571. The van der Waals surface area contributed by atoms with E-state index >= 15 is 0 Å². The number of piperidine rings is 1. The zero-order valence-corrected chi connectivity index (χ0v) is 11.1. The molecular weight excluding hydrogens is 258 g/mol. The van der Waals surface area contributed by atoms with Gasteiger partial charge in [0.2, 0.25) is 11.7 Å². The third-order valence-corrected chi connectivity index (χ3v) is 4.39. The lowest BCUT2D eigenvalue weighted by Gasteiger charge is -2.36. The fourth-order valence-corrected chi connectivity index (χ4v) is 3.48. The van der Waals surface area contributed by atoms with Gasteiger partial charge in [-0.25, -0.2) is 0 Å². The Kier molecular flexibility index (Phi) is 2.85. The molecular formula is C14H17N3O3. The van der Waals surface area contributed by atoms with Gasteiger partial charge in [-0.2, -0.15) is 4.98 Å². The summed E-state index contributed by atoms with van der Waals surface area (Å²) in [4.78, 5) is 6.78. The van der Waals surface area contributed by atoms with E-state index in [1.807, 2.05) is 6.07 Å². The molecule has 2 unspecified atom stereocenters. The SMILES string of the molecule is OC1CC2CCC(C1)N2Cc1nc(-c2ccco2)no1. The van der Waals surface area contributed by atoms with E-state index in [9.17, 15) is 5.11 Å². The van der Waals surface area contributed by atoms with Crippen molar-refractivity contribution >= 4 is 0 Å². The van der Waals surface area contributed by atoms with Crippen molar-refractivity contribution in [1.29, 1.82) is 0 Å². The molecule has 0 aliphatic carbocycles. The largest absolute Gasteiger partial charge is 0.461 e. The van der Waals surface area contributed by atoms with Crippen LogP contribution in [0, 0.1) is 0 Å². The molecule has 0 saturated carbocycles. The molecule has 2 aromatic rings. The number of nitrogens with zero attached hydrogens (tertiary/aromatic N) is 3. The second-order valence-electron chi connectivity index (χ2n) is 5.67. The van der Waals surface area contributed by atoms with Gasteiger partial charge in [-0.15, -0.1) is 0 Å². The van der Waals surface area contributed by atoms with Crippen molar-refractivity contribution in [3.8, 4) is 11.6 Å². The molecule has 20 heavy (non-hydrogen) atoms. The first kappa shape index (κ1) is 12.1. The number of furan rings is 1. The smallest absolute Gasteiger partial charge is 0.241 e. The Morgan fingerprint density at radius 1 is 1.30 bits per heavy atom. The number of rotatable bonds is 3. The maximum absolute atomic E-state index is 9.81. The fourth-order valence-electron chi connectivity index (χ4n) is 3.48. The van der Waals surface area contributed by atoms with Gasteiger partial charge >= 0.3 is 0 Å². The third-order valence-electron chi connectivity index (χ3n) is 4.39. The highest BCUT2D eigenvalue weighted by atomic mass is 16.5. The van der Waals surface area contributed by atoms with Crippen LogP contribution in [0.25, 0.3) is 11.6 Å². The van der Waals surface area contributed by atoms with Crippen LogP contribution < -0.4 is 0 Å². The Labute approximate surface area is 116 Å². The summed E-state index contributed by atoms with van der Waals surface area (Å²) in [6.45, 7) is 0.662. The van der Waals surface area contributed by atoms with Crippen LogP contribution in [0.1, 0.15) is 31.6 Å². The van der Waals surface area contributed by atoms with E-state index in [1.54, 1.807) is 12.3 Å². The summed E-state index contributed by atoms with van der Waals surface area (Å²) >= 11 is 0. The summed E-state index contributed by atoms with van der Waals surface area (Å²) in [5.41, 5.74) is 0. The predicted octanol–water partition coefficient (Wildman–Crippen LogP) is 1.82. The molecule has 0 amide bonds. The van der Waals surface area contributed by atoms with E-state index in [1.165, 1.54) is 0 Å². The van der Waals surface area contributed by atoms with Crippen LogP contribution in [0.15, 0.2) is 27.3 Å². The van der Waals surface area contributed by atoms with Gasteiger partial charge in [-0.05, 0) is 37.8 Å². The van der Waals surface area contributed by atoms with E-state index in [4.69, 9.17) is 8.94 Å². The number of hydrogen-bond acceptors (Lipinski definition) is 6. The molecule has 0 aromatic carbocycles. The Morgan fingerprint density at radius 3 is 2.80 bits per heavy atom. The van der Waals surface area contributed by atoms with E-state index in [2.05, 4.69) is 15.0 Å². The van der Waals surface area contributed by atoms with Gasteiger partial charge in [0.1, 0.15) is 0 Å². The average molecular weight is 275 g/mol. The monoisotopic (exact) mass is 275 g/mol. The molecule has 0 radical (unpaired) electrons. The highest BCUT2D eigenvalue weighted by Gasteiger charge is 2.40. The van der Waals surface area contributed by atoms with Gasteiger partial charge in [0.15, 0.2) is 5.76 Å². The van der Waals surface area contributed by atoms with Crippen molar-refractivity contribution in [1.82, 2.24) is 15.0 Å². The van der Waals surface area contributed by atoms with Gasteiger partial charge in [0, 0.05) is 12.1 Å². The minimum atomic E-state index is -0.148. The lowest BCUT2D eigenvalue weighted by molar-refractivity contribution is 0.0256. The Balaban J connectivity index is 1.50. The quantitative estimate of drug-likeness (QED) is 0.920. The first-order valence-corrected chi connectivity index (χ1v) is 7.10. The number of aliphatic hydroxyl groups excluding tert-OH is 1. The van der Waals surface area contributed by atoms with Crippen LogP contribution in [0.2, 0.25) is 0 Å². The molecule has 2 aliphatic heterocycles. The number of aliphatic hydroxyl groups is 1. The minimum Gasteiger partial charge on any atom is -0.461 e. The van der Waals surface area contributed by atoms with Crippen molar-refractivity contribution in [3.05, 3.63) is 24.3 Å². The van der Waals surface area contributed by atoms with E-state index in [0.717, 1.165) is 25.7 Å². The number of fused-ring (bicyclic) bond motifs is 2. The Hall–Kier alpha value is -1.66. The van der Waals surface area contributed by atoms with Gasteiger partial charge in [-0.1, -0.05) is 5.16 Å². The molecule has 2 saturated heterocycles. The van der Waals surface area contributed by atoms with Gasteiger partial charge in [0.05, 0.1) is 18.9 Å². The zero-order chi connectivity index (χ0) is 13.5. The molecule has 2 fully saturated rings. The molecule has 1 N–H and O–H groups in total. The van der Waals surface area contributed by atoms with Crippen molar-refractivity contribution in [2.24, 2.45) is 0 Å². The van der Waals surface area contributed by atoms with Crippen LogP contribution >= 0.6 is 0 Å². The van der Waals surface area contributed by atoms with E-state index < -0.39 is 0 Å². The second kappa shape index (κ2) is 4.71. The maximum atomic E-state index is 9.81. The van der Waals surface area contributed by atoms with Crippen molar-refractivity contribution < 1.29 is 14.0 Å². The average Bonchev–Trinajstić information content (AvgIpc) is 3.12. The Morgan fingerprint density at radius 2 is 2.10 bits per heavy atom. The van der Waals surface area contributed by atoms with Crippen molar-refractivity contribution in [2.75, 3.05) is 0 Å². The zero-order valence-electron chi connectivity index (χ0n) is 11.1. The summed E-state index contributed by atoms with van der Waals surface area (Å²) in [5.74, 6) is 1.73. The first-order chi connectivity index (χ1) is 9.79. The third kappa shape index (κ3) is 2.05. The number of hydrogen-bond donors (Lipinski definition) is 1. The molecule has 106 valence electrons. The van der Waals surface area contributed by atoms with Crippen LogP contribution in [-0.2, 0) is 6.54 Å². The maximum Gasteiger partial charge on any atom is 0.241 e. The molecule has 6 heteroatoms. The lowest BCUT2D eigenvalue weighted by Crippen LogP contribution is -2.44. The van der Waals surface area contributed by atoms with E-state index in [0.29, 0.717) is 36.1 Å². The molecule has 2 atom stereocenters. The van der Waals surface area contributed by atoms with Crippen LogP contribution in [0.5, 0.6) is 0 Å². The van der Waals surface area contributed by atoms with Crippen molar-refractivity contribution in [3.63, 3.8) is 0 Å². The highest BCUT2D eigenvalue weighted by molar-refractivity contribution is 5.44. The Bertz CT molecular complexity index is 566. The van der Waals surface area contributed by atoms with Gasteiger partial charge in [-0.3, -0.25) is 4.90 Å². The summed E-state index contributed by atoms with van der Waals surface area (Å²) in [6, 6.07) is 4.51. The summed E-state index contributed by atoms with van der Waals surface area (Å²) < 4.78 is 10.6. The summed E-state index contributed by atoms with van der Waals surface area (Å²) in [5, 5.41) is 13.8. The molecule has 2 aromatic heterocycles. The molecule has 2 bridgehead atoms. The molecule has 2 aliphatic rings. The van der Waals surface area contributed by atoms with Crippen LogP contribution in [-0.4, -0.2) is 38.3 Å². The van der Waals surface area contributed by atoms with Crippen LogP contribution in [0.4, 0.5) is 0 Å². The highest BCUT2D eigenvalue weighted by Crippen LogP contribution is 2.36. The topological polar surface area (TPSA) is 75.5 Å². The summed E-state index contributed by atoms with van der Waals surface area (Å²) in [6.07, 6.45) is 5.47. The molecule has 6 nitrogen and oxygen atoms in total. The molecule has 4 heterocycles. The minimum absolute atomic E-state index is 0.148.